The van der Waals surface area contributed by atoms with Crippen molar-refractivity contribution in [3.8, 4) is 11.5 Å². The highest BCUT2D eigenvalue weighted by Crippen LogP contribution is 2.32. The highest BCUT2D eigenvalue weighted by molar-refractivity contribution is 5.90. The second kappa shape index (κ2) is 4.80. The minimum Gasteiger partial charge on any atom is -0.508 e. The highest BCUT2D eigenvalue weighted by Gasteiger charge is 2.24. The largest absolute Gasteiger partial charge is 0.508 e. The van der Waals surface area contributed by atoms with Gasteiger partial charge in [0.05, 0.1) is 17.4 Å². The maximum Gasteiger partial charge on any atom is 0.340 e. The first-order valence-electron chi connectivity index (χ1n) is 6.73. The molecule has 0 saturated heterocycles. The van der Waals surface area contributed by atoms with Crippen molar-refractivity contribution in [2.45, 2.75) is 32.2 Å². The van der Waals surface area contributed by atoms with E-state index < -0.39 is 5.63 Å². The number of carbonyl (C=O) groups excluding carboxylic acids is 1. The smallest absolute Gasteiger partial charge is 0.340 e. The van der Waals surface area contributed by atoms with Crippen molar-refractivity contribution >= 4 is 16.9 Å². The van der Waals surface area contributed by atoms with E-state index in [9.17, 15) is 19.8 Å². The van der Waals surface area contributed by atoms with Crippen LogP contribution < -0.4 is 10.9 Å². The van der Waals surface area contributed by atoms with E-state index in [1.54, 1.807) is 6.92 Å². The molecule has 6 heteroatoms. The first kappa shape index (κ1) is 13.5. The number of hydrogen-bond donors (Lipinski definition) is 3. The minimum absolute atomic E-state index is 0.0824. The van der Waals surface area contributed by atoms with Gasteiger partial charge in [0.15, 0.2) is 0 Å². The van der Waals surface area contributed by atoms with Crippen LogP contribution in [0.1, 0.15) is 24.0 Å². The van der Waals surface area contributed by atoms with Crippen LogP contribution in [0.4, 0.5) is 0 Å². The Bertz CT molecular complexity index is 789. The zero-order valence-corrected chi connectivity index (χ0v) is 11.5. The molecule has 1 amide bonds. The molecular formula is C15H15NO5. The Labute approximate surface area is 120 Å². The quantitative estimate of drug-likeness (QED) is 0.740. The molecule has 1 heterocycles. The lowest BCUT2D eigenvalue weighted by Gasteiger charge is -2.09. The average Bonchev–Trinajstić information content (AvgIpc) is 3.17. The summed E-state index contributed by atoms with van der Waals surface area (Å²) in [5.74, 6) is -0.609. The van der Waals surface area contributed by atoms with Crippen LogP contribution in [0, 0.1) is 6.92 Å². The molecule has 1 fully saturated rings. The molecule has 110 valence electrons. The SMILES string of the molecule is Cc1c(CC(=O)NC2CC2)c(=O)oc2cc(O)cc(O)c12. The second-order valence-corrected chi connectivity index (χ2v) is 5.35. The van der Waals surface area contributed by atoms with Crippen molar-refractivity contribution in [1.29, 1.82) is 0 Å². The molecule has 0 aliphatic heterocycles. The lowest BCUT2D eigenvalue weighted by Crippen LogP contribution is -2.29. The van der Waals surface area contributed by atoms with Crippen LogP contribution in [0.5, 0.6) is 11.5 Å². The van der Waals surface area contributed by atoms with Crippen LogP contribution in [0.15, 0.2) is 21.3 Å². The molecule has 0 unspecified atom stereocenters. The topological polar surface area (TPSA) is 99.8 Å². The van der Waals surface area contributed by atoms with E-state index in [1.165, 1.54) is 12.1 Å². The fourth-order valence-electron chi connectivity index (χ4n) is 2.38. The lowest BCUT2D eigenvalue weighted by molar-refractivity contribution is -0.120. The summed E-state index contributed by atoms with van der Waals surface area (Å²) in [6, 6.07) is 2.65. The molecule has 1 aromatic heterocycles. The summed E-state index contributed by atoms with van der Waals surface area (Å²) in [4.78, 5) is 23.9. The fraction of sp³-hybridized carbons (Fsp3) is 0.333. The first-order valence-corrected chi connectivity index (χ1v) is 6.73. The number of amides is 1. The fourth-order valence-corrected chi connectivity index (χ4v) is 2.38. The highest BCUT2D eigenvalue weighted by atomic mass is 16.4. The van der Waals surface area contributed by atoms with Crippen molar-refractivity contribution < 1.29 is 19.4 Å². The number of benzene rings is 1. The number of aromatic hydroxyl groups is 2. The van der Waals surface area contributed by atoms with Crippen molar-refractivity contribution in [2.24, 2.45) is 0 Å². The number of phenols is 2. The van der Waals surface area contributed by atoms with E-state index >= 15 is 0 Å². The van der Waals surface area contributed by atoms with E-state index in [2.05, 4.69) is 5.32 Å². The van der Waals surface area contributed by atoms with Crippen LogP contribution in [-0.4, -0.2) is 22.2 Å². The van der Waals surface area contributed by atoms with Gasteiger partial charge in [-0.15, -0.1) is 0 Å². The summed E-state index contributed by atoms with van der Waals surface area (Å²) in [5, 5.41) is 22.5. The monoisotopic (exact) mass is 289 g/mol. The maximum atomic E-state index is 12.0. The standard InChI is InChI=1S/C15H15NO5/c1-7-10(6-13(19)16-8-2-3-8)15(20)21-12-5-9(17)4-11(18)14(7)12/h4-5,8,17-18H,2-3,6H2,1H3,(H,16,19). The van der Waals surface area contributed by atoms with Gasteiger partial charge >= 0.3 is 5.63 Å². The zero-order chi connectivity index (χ0) is 15.1. The molecule has 2 aromatic rings. The van der Waals surface area contributed by atoms with Crippen LogP contribution in [0.2, 0.25) is 0 Å². The van der Waals surface area contributed by atoms with Crippen LogP contribution in [-0.2, 0) is 11.2 Å². The third-order valence-corrected chi connectivity index (χ3v) is 3.62. The van der Waals surface area contributed by atoms with Crippen LogP contribution >= 0.6 is 0 Å². The van der Waals surface area contributed by atoms with Gasteiger partial charge in [-0.3, -0.25) is 4.79 Å². The molecule has 0 bridgehead atoms. The molecule has 3 N–H and O–H groups in total. The van der Waals surface area contributed by atoms with Gasteiger partial charge in [-0.1, -0.05) is 0 Å². The molecule has 3 rings (SSSR count). The Kier molecular flexibility index (Phi) is 3.08. The van der Waals surface area contributed by atoms with E-state index in [1.807, 2.05) is 0 Å². The predicted octanol–water partition coefficient (Wildman–Crippen LogP) is 1.33. The van der Waals surface area contributed by atoms with Crippen LogP contribution in [0.3, 0.4) is 0 Å². The molecular weight excluding hydrogens is 274 g/mol. The number of rotatable bonds is 3. The molecule has 0 spiro atoms. The Morgan fingerprint density at radius 1 is 1.38 bits per heavy atom. The van der Waals surface area contributed by atoms with Gasteiger partial charge in [-0.2, -0.15) is 0 Å². The van der Waals surface area contributed by atoms with Gasteiger partial charge in [0.25, 0.3) is 0 Å². The third kappa shape index (κ3) is 2.56. The van der Waals surface area contributed by atoms with Gasteiger partial charge in [-0.05, 0) is 25.3 Å². The molecule has 1 aromatic carbocycles. The molecule has 1 aliphatic carbocycles. The molecule has 21 heavy (non-hydrogen) atoms. The number of phenolic OH excluding ortho intramolecular Hbond substituents is 2. The van der Waals surface area contributed by atoms with Crippen molar-refractivity contribution in [2.75, 3.05) is 0 Å². The zero-order valence-electron chi connectivity index (χ0n) is 11.5. The van der Waals surface area contributed by atoms with Gasteiger partial charge < -0.3 is 19.9 Å². The number of fused-ring (bicyclic) bond motifs is 1. The van der Waals surface area contributed by atoms with Crippen LogP contribution in [0.25, 0.3) is 11.0 Å². The number of aryl methyl sites for hydroxylation is 1. The summed E-state index contributed by atoms with van der Waals surface area (Å²) in [6.45, 7) is 1.65. The molecule has 0 radical (unpaired) electrons. The average molecular weight is 289 g/mol. The number of nitrogens with one attached hydrogen (secondary N) is 1. The van der Waals surface area contributed by atoms with E-state index in [4.69, 9.17) is 4.42 Å². The molecule has 6 nitrogen and oxygen atoms in total. The summed E-state index contributed by atoms with van der Waals surface area (Å²) < 4.78 is 5.10. The van der Waals surface area contributed by atoms with E-state index in [0.29, 0.717) is 10.9 Å². The first-order chi connectivity index (χ1) is 9.95. The van der Waals surface area contributed by atoms with Gasteiger partial charge in [0, 0.05) is 18.2 Å². The lowest BCUT2D eigenvalue weighted by atomic mass is 10.0. The van der Waals surface area contributed by atoms with Gasteiger partial charge in [0.2, 0.25) is 5.91 Å². The Balaban J connectivity index is 2.06. The molecule has 0 atom stereocenters. The Morgan fingerprint density at radius 3 is 2.76 bits per heavy atom. The predicted molar refractivity (Wildman–Crippen MR) is 75.4 cm³/mol. The normalized spacial score (nSPS) is 14.3. The van der Waals surface area contributed by atoms with E-state index in [0.717, 1.165) is 12.8 Å². The summed E-state index contributed by atoms with van der Waals surface area (Å²) >= 11 is 0. The molecule has 1 aliphatic rings. The minimum atomic E-state index is -0.629. The van der Waals surface area contributed by atoms with Crippen molar-refractivity contribution in [3.63, 3.8) is 0 Å². The third-order valence-electron chi connectivity index (χ3n) is 3.62. The number of carbonyl (C=O) groups is 1. The summed E-state index contributed by atoms with van der Waals surface area (Å²) in [6.07, 6.45) is 1.86. The van der Waals surface area contributed by atoms with Crippen molar-refractivity contribution in [1.82, 2.24) is 5.32 Å². The Morgan fingerprint density at radius 2 is 2.10 bits per heavy atom. The molecule has 1 saturated carbocycles. The van der Waals surface area contributed by atoms with E-state index in [-0.39, 0.29) is 41.0 Å². The van der Waals surface area contributed by atoms with Gasteiger partial charge in [0.1, 0.15) is 17.1 Å². The van der Waals surface area contributed by atoms with Gasteiger partial charge in [-0.25, -0.2) is 4.79 Å². The Hall–Kier alpha value is -2.50. The second-order valence-electron chi connectivity index (χ2n) is 5.35. The summed E-state index contributed by atoms with van der Waals surface area (Å²) in [7, 11) is 0. The maximum absolute atomic E-state index is 12.0. The summed E-state index contributed by atoms with van der Waals surface area (Å²) in [5.41, 5.74) is 0.184. The van der Waals surface area contributed by atoms with Crippen molar-refractivity contribution in [3.05, 3.63) is 33.7 Å². The number of hydrogen-bond acceptors (Lipinski definition) is 5.